The molecule has 4 aromatic rings. The first kappa shape index (κ1) is 18.7. The first-order chi connectivity index (χ1) is 13.9. The molecule has 146 valence electrons. The van der Waals surface area contributed by atoms with Crippen LogP contribution in [-0.4, -0.2) is 14.1 Å². The Morgan fingerprint density at radius 2 is 1.76 bits per heavy atom. The molecule has 0 atom stereocenters. The highest BCUT2D eigenvalue weighted by Gasteiger charge is 2.19. The van der Waals surface area contributed by atoms with Crippen molar-refractivity contribution in [2.75, 3.05) is 0 Å². The summed E-state index contributed by atoms with van der Waals surface area (Å²) in [5, 5.41) is 12.4. The molecule has 0 unspecified atom stereocenters. The summed E-state index contributed by atoms with van der Waals surface area (Å²) in [6.45, 7) is -0.0126. The first-order valence-electron chi connectivity index (χ1n) is 8.28. The zero-order valence-corrected chi connectivity index (χ0v) is 15.4. The third-order valence-electron chi connectivity index (χ3n) is 4.39. The van der Waals surface area contributed by atoms with Crippen LogP contribution >= 0.6 is 11.3 Å². The Hall–Kier alpha value is -3.66. The molecule has 0 N–H and O–H groups in total. The van der Waals surface area contributed by atoms with Crippen LogP contribution in [0.15, 0.2) is 63.5 Å². The topological polar surface area (TPSA) is 87.1 Å². The Labute approximate surface area is 164 Å². The number of hydrogen-bond donors (Lipinski definition) is 0. The molecular formula is C19H11F2N3O4S. The van der Waals surface area contributed by atoms with E-state index in [9.17, 15) is 28.5 Å². The number of hydrogen-bond acceptors (Lipinski definition) is 5. The van der Waals surface area contributed by atoms with Crippen molar-refractivity contribution >= 4 is 27.2 Å². The van der Waals surface area contributed by atoms with Gasteiger partial charge in [-0.2, -0.15) is 0 Å². The van der Waals surface area contributed by atoms with E-state index >= 15 is 0 Å². The number of fused-ring (bicyclic) bond motifs is 1. The molecule has 10 heteroatoms. The van der Waals surface area contributed by atoms with E-state index in [0.29, 0.717) is 15.6 Å². The van der Waals surface area contributed by atoms with E-state index in [1.807, 2.05) is 0 Å². The molecule has 0 spiro atoms. The van der Waals surface area contributed by atoms with Crippen LogP contribution in [0, 0.1) is 21.7 Å². The van der Waals surface area contributed by atoms with E-state index < -0.39 is 33.5 Å². The predicted molar refractivity (Wildman–Crippen MR) is 104 cm³/mol. The number of benzene rings is 2. The average molecular weight is 415 g/mol. The van der Waals surface area contributed by atoms with E-state index in [0.717, 1.165) is 29.5 Å². The number of non-ortho nitro benzene ring substituents is 1. The number of nitrogens with zero attached hydrogens (tertiary/aromatic N) is 3. The molecule has 0 bridgehead atoms. The van der Waals surface area contributed by atoms with Crippen LogP contribution in [-0.2, 0) is 6.54 Å². The summed E-state index contributed by atoms with van der Waals surface area (Å²) in [5.41, 5.74) is -1.26. The molecule has 0 aliphatic heterocycles. The smallest absolute Gasteiger partial charge is 0.288 e. The normalized spacial score (nSPS) is 11.1. The van der Waals surface area contributed by atoms with E-state index in [1.54, 1.807) is 11.4 Å². The highest BCUT2D eigenvalue weighted by atomic mass is 32.1. The van der Waals surface area contributed by atoms with Crippen LogP contribution in [0.5, 0.6) is 0 Å². The Morgan fingerprint density at radius 3 is 2.45 bits per heavy atom. The summed E-state index contributed by atoms with van der Waals surface area (Å²) in [5.74, 6) is -1.70. The van der Waals surface area contributed by atoms with Crippen molar-refractivity contribution in [3.63, 3.8) is 0 Å². The summed E-state index contributed by atoms with van der Waals surface area (Å²) in [6.07, 6.45) is 0. The molecule has 2 aromatic carbocycles. The molecule has 4 rings (SSSR count). The number of nitro groups is 1. The zero-order chi connectivity index (χ0) is 20.7. The number of nitro benzene ring substituents is 1. The maximum Gasteiger partial charge on any atom is 0.336 e. The number of aromatic nitrogens is 2. The number of thiophene rings is 1. The lowest BCUT2D eigenvalue weighted by atomic mass is 10.2. The first-order valence-corrected chi connectivity index (χ1v) is 9.16. The molecule has 0 fully saturated rings. The average Bonchev–Trinajstić information content (AvgIpc) is 3.18. The lowest BCUT2D eigenvalue weighted by Gasteiger charge is -2.13. The van der Waals surface area contributed by atoms with E-state index in [1.165, 1.54) is 28.8 Å². The van der Waals surface area contributed by atoms with Crippen LogP contribution in [0.4, 0.5) is 14.5 Å². The van der Waals surface area contributed by atoms with Crippen LogP contribution in [0.1, 0.15) is 5.56 Å². The molecular weight excluding hydrogens is 404 g/mol. The standard InChI is InChI=1S/C19H11F2N3O4S/c20-12-3-6-14(21)16(9-12)23-18(25)17-15(7-8-29-17)22(19(23)26)10-11-1-4-13(5-2-11)24(27)28/h1-9H,10H2. The van der Waals surface area contributed by atoms with Crippen molar-refractivity contribution in [3.05, 3.63) is 102 Å². The van der Waals surface area contributed by atoms with Gasteiger partial charge in [-0.25, -0.2) is 18.1 Å². The van der Waals surface area contributed by atoms with Gasteiger partial charge in [0.1, 0.15) is 16.3 Å². The van der Waals surface area contributed by atoms with Crippen molar-refractivity contribution in [1.82, 2.24) is 9.13 Å². The van der Waals surface area contributed by atoms with Crippen molar-refractivity contribution in [3.8, 4) is 5.69 Å². The van der Waals surface area contributed by atoms with Crippen molar-refractivity contribution in [1.29, 1.82) is 0 Å². The van der Waals surface area contributed by atoms with Gasteiger partial charge in [-0.05, 0) is 29.1 Å². The fourth-order valence-corrected chi connectivity index (χ4v) is 3.84. The van der Waals surface area contributed by atoms with Gasteiger partial charge in [0.15, 0.2) is 0 Å². The highest BCUT2D eigenvalue weighted by molar-refractivity contribution is 7.17. The van der Waals surface area contributed by atoms with Gasteiger partial charge in [0.2, 0.25) is 0 Å². The summed E-state index contributed by atoms with van der Waals surface area (Å²) < 4.78 is 30.0. The Kier molecular flexibility index (Phi) is 4.55. The van der Waals surface area contributed by atoms with E-state index in [-0.39, 0.29) is 16.9 Å². The molecule has 0 aliphatic carbocycles. The summed E-state index contributed by atoms with van der Waals surface area (Å²) in [6, 6.07) is 9.68. The van der Waals surface area contributed by atoms with Crippen molar-refractivity contribution in [2.24, 2.45) is 0 Å². The third kappa shape index (κ3) is 3.23. The van der Waals surface area contributed by atoms with Crippen molar-refractivity contribution in [2.45, 2.75) is 6.54 Å². The quantitative estimate of drug-likeness (QED) is 0.377. The Morgan fingerprint density at radius 1 is 1.03 bits per heavy atom. The van der Waals surface area contributed by atoms with Gasteiger partial charge in [0.25, 0.3) is 11.2 Å². The molecule has 2 heterocycles. The Bertz CT molecular complexity index is 1370. The lowest BCUT2D eigenvalue weighted by molar-refractivity contribution is -0.384. The highest BCUT2D eigenvalue weighted by Crippen LogP contribution is 2.20. The molecule has 0 saturated carbocycles. The fraction of sp³-hybridized carbons (Fsp3) is 0.0526. The molecule has 7 nitrogen and oxygen atoms in total. The third-order valence-corrected chi connectivity index (χ3v) is 5.28. The van der Waals surface area contributed by atoms with E-state index in [4.69, 9.17) is 0 Å². The minimum absolute atomic E-state index is 0.0126. The van der Waals surface area contributed by atoms with Crippen LogP contribution < -0.4 is 11.2 Å². The second kappa shape index (κ2) is 7.06. The molecule has 0 saturated heterocycles. The molecule has 0 radical (unpaired) electrons. The predicted octanol–water partition coefficient (Wildman–Crippen LogP) is 3.45. The second-order valence-electron chi connectivity index (χ2n) is 6.16. The summed E-state index contributed by atoms with van der Waals surface area (Å²) >= 11 is 1.07. The van der Waals surface area contributed by atoms with Gasteiger partial charge in [0, 0.05) is 18.2 Å². The van der Waals surface area contributed by atoms with Gasteiger partial charge < -0.3 is 0 Å². The molecule has 0 amide bonds. The largest absolute Gasteiger partial charge is 0.336 e. The van der Waals surface area contributed by atoms with Gasteiger partial charge in [-0.1, -0.05) is 12.1 Å². The van der Waals surface area contributed by atoms with Crippen molar-refractivity contribution < 1.29 is 13.7 Å². The van der Waals surface area contributed by atoms with Gasteiger partial charge in [-0.3, -0.25) is 19.5 Å². The fourth-order valence-electron chi connectivity index (χ4n) is 3.02. The SMILES string of the molecule is O=c1c2sccc2n(Cc2ccc([N+](=O)[O-])cc2)c(=O)n1-c1cc(F)ccc1F. The summed E-state index contributed by atoms with van der Waals surface area (Å²) in [4.78, 5) is 36.1. The molecule has 0 aliphatic rings. The zero-order valence-electron chi connectivity index (χ0n) is 14.5. The minimum Gasteiger partial charge on any atom is -0.288 e. The van der Waals surface area contributed by atoms with Gasteiger partial charge >= 0.3 is 5.69 Å². The number of rotatable bonds is 4. The van der Waals surface area contributed by atoms with Gasteiger partial charge in [-0.15, -0.1) is 11.3 Å². The maximum atomic E-state index is 14.3. The molecule has 29 heavy (non-hydrogen) atoms. The molecule has 2 aromatic heterocycles. The van der Waals surface area contributed by atoms with Crippen LogP contribution in [0.25, 0.3) is 15.9 Å². The Balaban J connectivity index is 1.94. The maximum absolute atomic E-state index is 14.3. The van der Waals surface area contributed by atoms with Crippen LogP contribution in [0.2, 0.25) is 0 Å². The lowest BCUT2D eigenvalue weighted by Crippen LogP contribution is -2.39. The van der Waals surface area contributed by atoms with Gasteiger partial charge in [0.05, 0.1) is 22.7 Å². The monoisotopic (exact) mass is 415 g/mol. The minimum atomic E-state index is -0.914. The van der Waals surface area contributed by atoms with E-state index in [2.05, 4.69) is 0 Å². The summed E-state index contributed by atoms with van der Waals surface area (Å²) in [7, 11) is 0. The van der Waals surface area contributed by atoms with Crippen LogP contribution in [0.3, 0.4) is 0 Å². The second-order valence-corrected chi connectivity index (χ2v) is 7.08. The number of halogens is 2.